The van der Waals surface area contributed by atoms with Crippen molar-refractivity contribution in [2.45, 2.75) is 12.8 Å². The third kappa shape index (κ3) is 4.45. The van der Waals surface area contributed by atoms with Gasteiger partial charge in [-0.25, -0.2) is 9.07 Å². The van der Waals surface area contributed by atoms with Crippen molar-refractivity contribution in [3.63, 3.8) is 0 Å². The minimum Gasteiger partial charge on any atom is -0.370 e. The minimum absolute atomic E-state index is 0.246. The normalized spacial score (nSPS) is 13.8. The van der Waals surface area contributed by atoms with Gasteiger partial charge in [0.1, 0.15) is 17.0 Å². The van der Waals surface area contributed by atoms with Gasteiger partial charge in [0.2, 0.25) is 0 Å². The average Bonchev–Trinajstić information content (AvgIpc) is 3.50. The molecule has 1 saturated heterocycles. The first-order valence-corrected chi connectivity index (χ1v) is 10.9. The number of nitrogens with zero attached hydrogens (tertiary/aromatic N) is 6. The molecule has 1 aliphatic rings. The molecule has 0 saturated carbocycles. The van der Waals surface area contributed by atoms with Gasteiger partial charge < -0.3 is 4.90 Å². The van der Waals surface area contributed by atoms with Gasteiger partial charge in [-0.1, -0.05) is 0 Å². The van der Waals surface area contributed by atoms with Crippen LogP contribution < -0.4 is 10.4 Å². The number of benzene rings is 1. The van der Waals surface area contributed by atoms with Crippen molar-refractivity contribution in [3.05, 3.63) is 77.9 Å². The number of pyridine rings is 1. The fourth-order valence-electron chi connectivity index (χ4n) is 4.00. The van der Waals surface area contributed by atoms with E-state index in [9.17, 15) is 4.39 Å². The number of hydrogen-bond donors (Lipinski definition) is 1. The maximum Gasteiger partial charge on any atom is 0.146 e. The van der Waals surface area contributed by atoms with Crippen LogP contribution in [-0.4, -0.2) is 37.6 Å². The zero-order valence-electron chi connectivity index (χ0n) is 18.3. The lowest BCUT2D eigenvalue weighted by Crippen LogP contribution is -2.18. The highest BCUT2D eigenvalue weighted by Crippen LogP contribution is 2.29. The van der Waals surface area contributed by atoms with E-state index in [0.29, 0.717) is 11.4 Å². The van der Waals surface area contributed by atoms with Crippen LogP contribution in [0.4, 0.5) is 10.1 Å². The highest BCUT2D eigenvalue weighted by molar-refractivity contribution is 5.78. The maximum absolute atomic E-state index is 13.4. The second-order valence-electron chi connectivity index (χ2n) is 8.07. The molecule has 166 valence electrons. The Labute approximate surface area is 191 Å². The van der Waals surface area contributed by atoms with Crippen molar-refractivity contribution in [2.24, 2.45) is 7.05 Å². The van der Waals surface area contributed by atoms with E-state index in [1.54, 1.807) is 35.1 Å². The van der Waals surface area contributed by atoms with Crippen molar-refractivity contribution >= 4 is 18.0 Å². The lowest BCUT2D eigenvalue weighted by atomic mass is 10.1. The summed E-state index contributed by atoms with van der Waals surface area (Å²) in [6, 6.07) is 13.8. The molecule has 3 aromatic heterocycles. The Balaban J connectivity index is 1.43. The SMILES string of the molecule is Cn1cc(-c2ccc(=N)n(/C=C/c3ccc(N4CCCC4)cn3)n2)c(-c2ccc(F)cc2)n1. The standard InChI is InChI=1S/C25H24FN7/c1-31-17-22(25(30-31)18-4-6-19(26)7-5-18)23-10-11-24(27)33(29-23)15-12-20-8-9-21(16-28-20)32-13-2-3-14-32/h4-12,15-17,27H,2-3,13-14H2,1H3/b15-12+,27-24?. The maximum atomic E-state index is 13.4. The molecule has 0 amide bonds. The molecular weight excluding hydrogens is 417 g/mol. The van der Waals surface area contributed by atoms with Gasteiger partial charge in [0, 0.05) is 43.7 Å². The second-order valence-corrected chi connectivity index (χ2v) is 8.07. The van der Waals surface area contributed by atoms with Gasteiger partial charge in [-0.15, -0.1) is 0 Å². The first-order chi connectivity index (χ1) is 16.1. The highest BCUT2D eigenvalue weighted by atomic mass is 19.1. The molecule has 0 atom stereocenters. The molecule has 4 aromatic rings. The highest BCUT2D eigenvalue weighted by Gasteiger charge is 2.14. The van der Waals surface area contributed by atoms with E-state index in [-0.39, 0.29) is 11.3 Å². The van der Waals surface area contributed by atoms with Crippen molar-refractivity contribution in [1.82, 2.24) is 24.5 Å². The Morgan fingerprint density at radius 1 is 0.970 bits per heavy atom. The molecule has 7 nitrogen and oxygen atoms in total. The average molecular weight is 442 g/mol. The van der Waals surface area contributed by atoms with Crippen LogP contribution in [0.15, 0.2) is 60.9 Å². The van der Waals surface area contributed by atoms with Crippen LogP contribution in [0.1, 0.15) is 18.5 Å². The lowest BCUT2D eigenvalue weighted by Gasteiger charge is -2.16. The van der Waals surface area contributed by atoms with Crippen LogP contribution in [0.25, 0.3) is 34.8 Å². The molecule has 1 aromatic carbocycles. The Hall–Kier alpha value is -4.07. The molecular formula is C25H24FN7. The zero-order chi connectivity index (χ0) is 22.8. The van der Waals surface area contributed by atoms with Crippen molar-refractivity contribution in [2.75, 3.05) is 18.0 Å². The summed E-state index contributed by atoms with van der Waals surface area (Å²) in [6.07, 6.45) is 9.80. The minimum atomic E-state index is -0.294. The molecule has 1 fully saturated rings. The van der Waals surface area contributed by atoms with Gasteiger partial charge in [-0.3, -0.25) is 15.1 Å². The van der Waals surface area contributed by atoms with E-state index in [1.807, 2.05) is 31.6 Å². The topological polar surface area (TPSA) is 75.6 Å². The van der Waals surface area contributed by atoms with Crippen molar-refractivity contribution < 1.29 is 4.39 Å². The Morgan fingerprint density at radius 3 is 2.48 bits per heavy atom. The predicted molar refractivity (Wildman–Crippen MR) is 127 cm³/mol. The van der Waals surface area contributed by atoms with E-state index < -0.39 is 0 Å². The van der Waals surface area contributed by atoms with Crippen LogP contribution >= 0.6 is 0 Å². The predicted octanol–water partition coefficient (Wildman–Crippen LogP) is 4.19. The number of halogens is 1. The summed E-state index contributed by atoms with van der Waals surface area (Å²) in [7, 11) is 1.83. The number of aryl methyl sites for hydroxylation is 1. The van der Waals surface area contributed by atoms with Crippen LogP contribution in [0.5, 0.6) is 0 Å². The van der Waals surface area contributed by atoms with E-state index in [0.717, 1.165) is 35.6 Å². The van der Waals surface area contributed by atoms with Crippen LogP contribution in [0.2, 0.25) is 0 Å². The van der Waals surface area contributed by atoms with Gasteiger partial charge in [-0.2, -0.15) is 10.2 Å². The molecule has 4 heterocycles. The Kier molecular flexibility index (Phi) is 5.56. The van der Waals surface area contributed by atoms with Crippen LogP contribution in [-0.2, 0) is 7.05 Å². The molecule has 0 unspecified atom stereocenters. The molecule has 8 heteroatoms. The number of hydrogen-bond acceptors (Lipinski definition) is 5. The Morgan fingerprint density at radius 2 is 1.76 bits per heavy atom. The first kappa shape index (κ1) is 20.8. The van der Waals surface area contributed by atoms with Gasteiger partial charge >= 0.3 is 0 Å². The second kappa shape index (κ2) is 8.82. The first-order valence-electron chi connectivity index (χ1n) is 10.9. The van der Waals surface area contributed by atoms with Crippen LogP contribution in [0, 0.1) is 11.2 Å². The summed E-state index contributed by atoms with van der Waals surface area (Å²) in [6.45, 7) is 2.17. The fraction of sp³-hybridized carbons (Fsp3) is 0.200. The quantitative estimate of drug-likeness (QED) is 0.504. The molecule has 1 N–H and O–H groups in total. The number of anilines is 1. The van der Waals surface area contributed by atoms with Crippen molar-refractivity contribution in [1.29, 1.82) is 5.41 Å². The molecule has 0 bridgehead atoms. The molecule has 0 radical (unpaired) electrons. The molecule has 33 heavy (non-hydrogen) atoms. The smallest absolute Gasteiger partial charge is 0.146 e. The zero-order valence-corrected chi connectivity index (χ0v) is 18.3. The molecule has 1 aliphatic heterocycles. The molecule has 0 aliphatic carbocycles. The lowest BCUT2D eigenvalue weighted by molar-refractivity contribution is 0.628. The monoisotopic (exact) mass is 441 g/mol. The van der Waals surface area contributed by atoms with Gasteiger partial charge in [0.05, 0.1) is 23.3 Å². The largest absolute Gasteiger partial charge is 0.370 e. The van der Waals surface area contributed by atoms with Gasteiger partial charge in [0.15, 0.2) is 0 Å². The third-order valence-corrected chi connectivity index (χ3v) is 5.71. The number of rotatable bonds is 5. The summed E-state index contributed by atoms with van der Waals surface area (Å²) < 4.78 is 16.6. The van der Waals surface area contributed by atoms with E-state index in [1.165, 1.54) is 29.7 Å². The van der Waals surface area contributed by atoms with E-state index in [2.05, 4.69) is 26.1 Å². The van der Waals surface area contributed by atoms with Crippen molar-refractivity contribution in [3.8, 4) is 22.5 Å². The van der Waals surface area contributed by atoms with Gasteiger partial charge in [-0.05, 0) is 67.4 Å². The summed E-state index contributed by atoms with van der Waals surface area (Å²) in [5, 5.41) is 17.4. The fourth-order valence-corrected chi connectivity index (χ4v) is 4.00. The van der Waals surface area contributed by atoms with Crippen LogP contribution in [0.3, 0.4) is 0 Å². The molecule has 0 spiro atoms. The molecule has 5 rings (SSSR count). The number of nitrogens with one attached hydrogen (secondary N) is 1. The third-order valence-electron chi connectivity index (χ3n) is 5.71. The summed E-state index contributed by atoms with van der Waals surface area (Å²) in [5.74, 6) is -0.294. The van der Waals surface area contributed by atoms with E-state index in [4.69, 9.17) is 5.41 Å². The Bertz CT molecular complexity index is 1350. The van der Waals surface area contributed by atoms with Gasteiger partial charge in [0.25, 0.3) is 0 Å². The number of aromatic nitrogens is 5. The summed E-state index contributed by atoms with van der Waals surface area (Å²) >= 11 is 0. The summed E-state index contributed by atoms with van der Waals surface area (Å²) in [4.78, 5) is 6.88. The summed E-state index contributed by atoms with van der Waals surface area (Å²) in [5.41, 5.74) is 5.16. The van der Waals surface area contributed by atoms with E-state index >= 15 is 0 Å².